The zero-order valence-electron chi connectivity index (χ0n) is 16.1. The Morgan fingerprint density at radius 1 is 1.29 bits per heavy atom. The molecule has 28 heavy (non-hydrogen) atoms. The van der Waals surface area contributed by atoms with Crippen molar-refractivity contribution in [1.29, 1.82) is 0 Å². The van der Waals surface area contributed by atoms with Crippen molar-refractivity contribution in [3.8, 4) is 11.5 Å². The summed E-state index contributed by atoms with van der Waals surface area (Å²) >= 11 is 1.19. The van der Waals surface area contributed by atoms with Gasteiger partial charge in [-0.2, -0.15) is 0 Å². The predicted molar refractivity (Wildman–Crippen MR) is 109 cm³/mol. The topological polar surface area (TPSA) is 93.4 Å². The van der Waals surface area contributed by atoms with E-state index in [0.717, 1.165) is 24.0 Å². The molecule has 2 aromatic rings. The fourth-order valence-corrected chi connectivity index (χ4v) is 5.53. The summed E-state index contributed by atoms with van der Waals surface area (Å²) in [6.45, 7) is 4.63. The van der Waals surface area contributed by atoms with Crippen LogP contribution in [0.5, 0.6) is 0 Å². The first kappa shape index (κ1) is 20.9. The number of carbonyl (C=O) groups excluding carboxylic acids is 1. The molecule has 2 heterocycles. The Morgan fingerprint density at radius 2 is 2.04 bits per heavy atom. The van der Waals surface area contributed by atoms with Gasteiger partial charge in [-0.1, -0.05) is 42.8 Å². The van der Waals surface area contributed by atoms with Crippen molar-refractivity contribution in [2.45, 2.75) is 44.4 Å². The van der Waals surface area contributed by atoms with Crippen LogP contribution in [0.15, 0.2) is 33.9 Å². The summed E-state index contributed by atoms with van der Waals surface area (Å²) in [5.74, 6) is 0.695. The van der Waals surface area contributed by atoms with Gasteiger partial charge in [-0.15, -0.1) is 10.2 Å². The van der Waals surface area contributed by atoms with Gasteiger partial charge in [0.2, 0.25) is 11.8 Å². The van der Waals surface area contributed by atoms with Gasteiger partial charge in [-0.05, 0) is 31.9 Å². The van der Waals surface area contributed by atoms with Gasteiger partial charge in [0.25, 0.3) is 5.22 Å². The van der Waals surface area contributed by atoms with E-state index >= 15 is 0 Å². The lowest BCUT2D eigenvalue weighted by Crippen LogP contribution is -2.42. The van der Waals surface area contributed by atoms with Gasteiger partial charge in [0.15, 0.2) is 9.84 Å². The van der Waals surface area contributed by atoms with Gasteiger partial charge >= 0.3 is 0 Å². The minimum Gasteiger partial charge on any atom is -0.411 e. The zero-order chi connectivity index (χ0) is 20.1. The summed E-state index contributed by atoms with van der Waals surface area (Å²) in [5, 5.41) is 8.38. The van der Waals surface area contributed by atoms with Crippen LogP contribution in [-0.2, 0) is 14.6 Å². The number of aryl methyl sites for hydroxylation is 1. The van der Waals surface area contributed by atoms with Gasteiger partial charge in [0, 0.05) is 18.2 Å². The number of nitrogens with zero attached hydrogens (tertiary/aromatic N) is 3. The van der Waals surface area contributed by atoms with E-state index in [0.29, 0.717) is 24.1 Å². The molecule has 1 aromatic carbocycles. The molecule has 1 aliphatic heterocycles. The van der Waals surface area contributed by atoms with Crippen LogP contribution >= 0.6 is 11.8 Å². The number of rotatable bonds is 8. The number of sulfone groups is 1. The number of hydrogen-bond donors (Lipinski definition) is 0. The van der Waals surface area contributed by atoms with Gasteiger partial charge in [0.1, 0.15) is 0 Å². The Morgan fingerprint density at radius 3 is 2.68 bits per heavy atom. The van der Waals surface area contributed by atoms with Crippen molar-refractivity contribution in [2.75, 3.05) is 23.8 Å². The van der Waals surface area contributed by atoms with Crippen LogP contribution in [0, 0.1) is 6.92 Å². The summed E-state index contributed by atoms with van der Waals surface area (Å²) in [4.78, 5) is 14.5. The van der Waals surface area contributed by atoms with Gasteiger partial charge in [0.05, 0.1) is 17.3 Å². The average Bonchev–Trinajstić information content (AvgIpc) is 3.27. The SMILES string of the molecule is CCCCN(C(=O)CSc1nnc(-c2ccc(C)cc2)o1)C1CCS(=O)(=O)C1. The van der Waals surface area contributed by atoms with Crippen LogP contribution < -0.4 is 0 Å². The summed E-state index contributed by atoms with van der Waals surface area (Å²) in [6.07, 6.45) is 2.31. The van der Waals surface area contributed by atoms with Crippen LogP contribution in [0.4, 0.5) is 0 Å². The first-order valence-electron chi connectivity index (χ1n) is 9.41. The molecule has 0 spiro atoms. The largest absolute Gasteiger partial charge is 0.411 e. The van der Waals surface area contributed by atoms with Crippen molar-refractivity contribution in [3.63, 3.8) is 0 Å². The molecule has 0 saturated carbocycles. The lowest BCUT2D eigenvalue weighted by atomic mass is 10.1. The minimum absolute atomic E-state index is 0.0608. The molecule has 1 fully saturated rings. The fraction of sp³-hybridized carbons (Fsp3) is 0.526. The highest BCUT2D eigenvalue weighted by molar-refractivity contribution is 7.99. The quantitative estimate of drug-likeness (QED) is 0.603. The number of amides is 1. The molecule has 1 amide bonds. The Kier molecular flexibility index (Phi) is 6.77. The monoisotopic (exact) mass is 423 g/mol. The van der Waals surface area contributed by atoms with Crippen LogP contribution in [0.25, 0.3) is 11.5 Å². The molecule has 3 rings (SSSR count). The van der Waals surface area contributed by atoms with Gasteiger partial charge in [-0.25, -0.2) is 8.42 Å². The normalized spacial score (nSPS) is 18.3. The van der Waals surface area contributed by atoms with Crippen molar-refractivity contribution in [3.05, 3.63) is 29.8 Å². The van der Waals surface area contributed by atoms with E-state index in [1.165, 1.54) is 11.8 Å². The first-order chi connectivity index (χ1) is 13.4. The molecule has 0 radical (unpaired) electrons. The van der Waals surface area contributed by atoms with Gasteiger partial charge < -0.3 is 9.32 Å². The first-order valence-corrected chi connectivity index (χ1v) is 12.2. The van der Waals surface area contributed by atoms with Crippen LogP contribution in [-0.4, -0.2) is 59.3 Å². The number of thioether (sulfide) groups is 1. The minimum atomic E-state index is -3.04. The standard InChI is InChI=1S/C19H25N3O4S2/c1-3-4-10-22(16-9-11-28(24,25)13-16)17(23)12-27-19-21-20-18(26-19)15-7-5-14(2)6-8-15/h5-8,16H,3-4,9-13H2,1-2H3. The van der Waals surface area contributed by atoms with Gasteiger partial charge in [-0.3, -0.25) is 4.79 Å². The Bertz CT molecular complexity index is 910. The maximum Gasteiger partial charge on any atom is 0.277 e. The smallest absolute Gasteiger partial charge is 0.277 e. The van der Waals surface area contributed by atoms with E-state index in [1.54, 1.807) is 4.90 Å². The Balaban J connectivity index is 1.62. The lowest BCUT2D eigenvalue weighted by Gasteiger charge is -2.28. The maximum absolute atomic E-state index is 12.8. The summed E-state index contributed by atoms with van der Waals surface area (Å²) in [7, 11) is -3.04. The second-order valence-corrected chi connectivity index (χ2v) is 10.2. The van der Waals surface area contributed by atoms with Crippen LogP contribution in [0.3, 0.4) is 0 Å². The molecule has 1 saturated heterocycles. The van der Waals surface area contributed by atoms with Crippen molar-refractivity contribution < 1.29 is 17.6 Å². The average molecular weight is 424 g/mol. The molecule has 9 heteroatoms. The second-order valence-electron chi connectivity index (χ2n) is 7.03. The van der Waals surface area contributed by atoms with Crippen molar-refractivity contribution in [2.24, 2.45) is 0 Å². The summed E-state index contributed by atoms with van der Waals surface area (Å²) < 4.78 is 29.3. The Labute approximate surface area is 169 Å². The molecular formula is C19H25N3O4S2. The molecule has 1 atom stereocenters. The number of carbonyl (C=O) groups is 1. The Hall–Kier alpha value is -1.87. The number of benzene rings is 1. The number of unbranched alkanes of at least 4 members (excludes halogenated alkanes) is 1. The third-order valence-corrected chi connectivity index (χ3v) is 7.30. The van der Waals surface area contributed by atoms with E-state index in [-0.39, 0.29) is 29.2 Å². The van der Waals surface area contributed by atoms with E-state index in [9.17, 15) is 13.2 Å². The number of aromatic nitrogens is 2. The third kappa shape index (κ3) is 5.35. The highest BCUT2D eigenvalue weighted by Gasteiger charge is 2.34. The summed E-state index contributed by atoms with van der Waals surface area (Å²) in [6, 6.07) is 7.54. The van der Waals surface area contributed by atoms with Crippen LogP contribution in [0.2, 0.25) is 0 Å². The van der Waals surface area contributed by atoms with Crippen molar-refractivity contribution in [1.82, 2.24) is 15.1 Å². The molecule has 7 nitrogen and oxygen atoms in total. The van der Waals surface area contributed by atoms with E-state index in [1.807, 2.05) is 38.1 Å². The lowest BCUT2D eigenvalue weighted by molar-refractivity contribution is -0.130. The molecule has 152 valence electrons. The molecular weight excluding hydrogens is 398 g/mol. The highest BCUT2D eigenvalue weighted by atomic mass is 32.2. The molecule has 1 unspecified atom stereocenters. The molecule has 0 N–H and O–H groups in total. The highest BCUT2D eigenvalue weighted by Crippen LogP contribution is 2.25. The third-order valence-electron chi connectivity index (χ3n) is 4.75. The molecule has 0 bridgehead atoms. The maximum atomic E-state index is 12.8. The van der Waals surface area contributed by atoms with Crippen LogP contribution in [0.1, 0.15) is 31.7 Å². The number of hydrogen-bond acceptors (Lipinski definition) is 7. The summed E-state index contributed by atoms with van der Waals surface area (Å²) in [5.41, 5.74) is 1.97. The molecule has 1 aliphatic rings. The van der Waals surface area contributed by atoms with Crippen molar-refractivity contribution >= 4 is 27.5 Å². The fourth-order valence-electron chi connectivity index (χ4n) is 3.15. The van der Waals surface area contributed by atoms with E-state index in [2.05, 4.69) is 10.2 Å². The second kappa shape index (κ2) is 9.09. The zero-order valence-corrected chi connectivity index (χ0v) is 17.8. The molecule has 0 aliphatic carbocycles. The van der Waals surface area contributed by atoms with E-state index in [4.69, 9.17) is 4.42 Å². The predicted octanol–water partition coefficient (Wildman–Crippen LogP) is 2.95. The molecule has 1 aromatic heterocycles. The van der Waals surface area contributed by atoms with E-state index < -0.39 is 9.84 Å².